The van der Waals surface area contributed by atoms with Crippen molar-refractivity contribution in [3.05, 3.63) is 52.5 Å². The Morgan fingerprint density at radius 2 is 1.92 bits per heavy atom. The van der Waals surface area contributed by atoms with Gasteiger partial charge < -0.3 is 19.2 Å². The van der Waals surface area contributed by atoms with Gasteiger partial charge in [-0.2, -0.15) is 0 Å². The normalized spacial score (nSPS) is 11.1. The molecule has 0 fully saturated rings. The first kappa shape index (κ1) is 19.2. The lowest BCUT2D eigenvalue weighted by molar-refractivity contribution is 0.0143. The highest BCUT2D eigenvalue weighted by Gasteiger charge is 2.18. The topological polar surface area (TPSA) is 60.7 Å². The van der Waals surface area contributed by atoms with E-state index < -0.39 is 0 Å². The Hall–Kier alpha value is -2.11. The van der Waals surface area contributed by atoms with Gasteiger partial charge in [-0.1, -0.05) is 12.1 Å². The lowest BCUT2D eigenvalue weighted by Crippen LogP contribution is -2.14. The Kier molecular flexibility index (Phi) is 6.79. The molecule has 0 aliphatic heterocycles. The third kappa shape index (κ3) is 5.44. The van der Waals surface area contributed by atoms with E-state index in [4.69, 9.17) is 13.9 Å². The molecule has 0 unspecified atom stereocenters. The van der Waals surface area contributed by atoms with Gasteiger partial charge in [0.1, 0.15) is 11.5 Å². The summed E-state index contributed by atoms with van der Waals surface area (Å²) in [7, 11) is 0. The number of hydrogen-bond donors (Lipinski definition) is 1. The molecule has 0 aliphatic carbocycles. The molecular formula is C20H27NO4. The van der Waals surface area contributed by atoms with E-state index in [1.165, 1.54) is 0 Å². The fourth-order valence-corrected chi connectivity index (χ4v) is 2.59. The van der Waals surface area contributed by atoms with Crippen LogP contribution in [0.2, 0.25) is 0 Å². The zero-order valence-electron chi connectivity index (χ0n) is 15.6. The van der Waals surface area contributed by atoms with Gasteiger partial charge in [0, 0.05) is 11.3 Å². The van der Waals surface area contributed by atoms with Crippen LogP contribution in [-0.4, -0.2) is 25.2 Å². The molecule has 5 heteroatoms. The number of ether oxygens (including phenoxy) is 2. The Morgan fingerprint density at radius 3 is 2.56 bits per heavy atom. The third-order valence-electron chi connectivity index (χ3n) is 3.92. The number of anilines is 1. The van der Waals surface area contributed by atoms with Crippen LogP contribution in [0.25, 0.3) is 0 Å². The number of carbonyl (C=O) groups excluding carboxylic acids is 1. The molecule has 1 heterocycles. The van der Waals surface area contributed by atoms with E-state index in [0.29, 0.717) is 31.1 Å². The van der Waals surface area contributed by atoms with Crippen molar-refractivity contribution in [3.8, 4) is 0 Å². The van der Waals surface area contributed by atoms with Crippen molar-refractivity contribution in [3.63, 3.8) is 0 Å². The molecular weight excluding hydrogens is 318 g/mol. The van der Waals surface area contributed by atoms with Crippen LogP contribution in [0.3, 0.4) is 0 Å². The van der Waals surface area contributed by atoms with Crippen LogP contribution in [-0.2, 0) is 16.1 Å². The van der Waals surface area contributed by atoms with Gasteiger partial charge in [-0.3, -0.25) is 4.79 Å². The summed E-state index contributed by atoms with van der Waals surface area (Å²) in [5, 5.41) is 2.93. The second-order valence-corrected chi connectivity index (χ2v) is 6.34. The second kappa shape index (κ2) is 8.83. The molecule has 0 aliphatic rings. The minimum atomic E-state index is -0.157. The van der Waals surface area contributed by atoms with E-state index in [-0.39, 0.29) is 12.0 Å². The summed E-state index contributed by atoms with van der Waals surface area (Å²) in [5.74, 6) is 1.25. The summed E-state index contributed by atoms with van der Waals surface area (Å²) >= 11 is 0. The molecule has 1 amide bonds. The van der Waals surface area contributed by atoms with Crippen LogP contribution < -0.4 is 5.32 Å². The maximum absolute atomic E-state index is 12.5. The molecule has 0 spiro atoms. The van der Waals surface area contributed by atoms with Crippen molar-refractivity contribution in [1.82, 2.24) is 0 Å². The number of rotatable bonds is 8. The van der Waals surface area contributed by atoms with Gasteiger partial charge in [0.05, 0.1) is 31.5 Å². The van der Waals surface area contributed by atoms with Crippen molar-refractivity contribution in [2.24, 2.45) is 0 Å². The van der Waals surface area contributed by atoms with E-state index in [9.17, 15) is 4.79 Å². The highest BCUT2D eigenvalue weighted by molar-refractivity contribution is 6.06. The quantitative estimate of drug-likeness (QED) is 0.721. The van der Waals surface area contributed by atoms with Gasteiger partial charge in [-0.05, 0) is 52.3 Å². The van der Waals surface area contributed by atoms with Crippen LogP contribution in [0, 0.1) is 20.8 Å². The van der Waals surface area contributed by atoms with Crippen molar-refractivity contribution in [2.45, 2.75) is 47.3 Å². The number of furan rings is 1. The summed E-state index contributed by atoms with van der Waals surface area (Å²) < 4.78 is 16.6. The average Bonchev–Trinajstić information content (AvgIpc) is 2.79. The number of hydrogen-bond acceptors (Lipinski definition) is 4. The predicted molar refractivity (Wildman–Crippen MR) is 98.1 cm³/mol. The van der Waals surface area contributed by atoms with Crippen molar-refractivity contribution in [1.29, 1.82) is 0 Å². The van der Waals surface area contributed by atoms with E-state index in [2.05, 4.69) is 5.32 Å². The lowest BCUT2D eigenvalue weighted by Gasteiger charge is -2.10. The smallest absolute Gasteiger partial charge is 0.259 e. The molecule has 1 aromatic heterocycles. The summed E-state index contributed by atoms with van der Waals surface area (Å²) in [5.41, 5.74) is 3.21. The monoisotopic (exact) mass is 345 g/mol. The van der Waals surface area contributed by atoms with Crippen LogP contribution in [0.4, 0.5) is 5.69 Å². The van der Waals surface area contributed by atoms with Crippen LogP contribution >= 0.6 is 0 Å². The first-order chi connectivity index (χ1) is 11.9. The number of amides is 1. The molecule has 136 valence electrons. The summed E-state index contributed by atoms with van der Waals surface area (Å²) in [6.45, 7) is 11.2. The van der Waals surface area contributed by atoms with Crippen LogP contribution in [0.1, 0.15) is 46.9 Å². The molecule has 5 nitrogen and oxygen atoms in total. The molecule has 0 radical (unpaired) electrons. The molecule has 0 saturated carbocycles. The Morgan fingerprint density at radius 1 is 1.16 bits per heavy atom. The summed E-state index contributed by atoms with van der Waals surface area (Å²) in [6.07, 6.45) is 0.209. The number of carbonyl (C=O) groups is 1. The van der Waals surface area contributed by atoms with Gasteiger partial charge in [0.15, 0.2) is 0 Å². The average molecular weight is 345 g/mol. The Labute approximate surface area is 149 Å². The maximum atomic E-state index is 12.5. The van der Waals surface area contributed by atoms with E-state index in [1.54, 1.807) is 6.92 Å². The summed E-state index contributed by atoms with van der Waals surface area (Å²) in [4.78, 5) is 12.5. The van der Waals surface area contributed by atoms with Gasteiger partial charge in [0.25, 0.3) is 5.91 Å². The minimum Gasteiger partial charge on any atom is -0.466 e. The van der Waals surface area contributed by atoms with Crippen LogP contribution in [0.15, 0.2) is 28.7 Å². The molecule has 0 bridgehead atoms. The zero-order chi connectivity index (χ0) is 18.4. The third-order valence-corrected chi connectivity index (χ3v) is 3.92. The number of benzene rings is 1. The minimum absolute atomic E-state index is 0.157. The first-order valence-corrected chi connectivity index (χ1v) is 8.54. The molecule has 2 aromatic rings. The zero-order valence-corrected chi connectivity index (χ0v) is 15.6. The molecule has 2 rings (SSSR count). The summed E-state index contributed by atoms with van der Waals surface area (Å²) in [6, 6.07) is 7.65. The van der Waals surface area contributed by atoms with E-state index in [1.807, 2.05) is 52.0 Å². The molecule has 0 atom stereocenters. The van der Waals surface area contributed by atoms with Crippen LogP contribution in [0.5, 0.6) is 0 Å². The fourth-order valence-electron chi connectivity index (χ4n) is 2.59. The molecule has 1 aromatic carbocycles. The number of nitrogens with one attached hydrogen (secondary N) is 1. The van der Waals surface area contributed by atoms with Gasteiger partial charge in [0.2, 0.25) is 0 Å². The Bertz CT molecular complexity index is 718. The van der Waals surface area contributed by atoms with Crippen molar-refractivity contribution < 1.29 is 18.7 Å². The molecule has 0 saturated heterocycles. The second-order valence-electron chi connectivity index (χ2n) is 6.34. The van der Waals surface area contributed by atoms with Crippen molar-refractivity contribution in [2.75, 3.05) is 18.5 Å². The van der Waals surface area contributed by atoms with Crippen molar-refractivity contribution >= 4 is 11.6 Å². The van der Waals surface area contributed by atoms with Gasteiger partial charge >= 0.3 is 0 Å². The largest absolute Gasteiger partial charge is 0.466 e. The maximum Gasteiger partial charge on any atom is 0.259 e. The lowest BCUT2D eigenvalue weighted by atomic mass is 10.1. The SMILES string of the molecule is Cc1oc(C)c(C(=O)Nc2cccc(COCCOC(C)C)c2)c1C. The highest BCUT2D eigenvalue weighted by Crippen LogP contribution is 2.22. The van der Waals surface area contributed by atoms with E-state index >= 15 is 0 Å². The fraction of sp³-hybridized carbons (Fsp3) is 0.450. The first-order valence-electron chi connectivity index (χ1n) is 8.54. The van der Waals surface area contributed by atoms with Gasteiger partial charge in [-0.25, -0.2) is 0 Å². The number of aryl methyl sites for hydroxylation is 2. The standard InChI is InChI=1S/C20H27NO4/c1-13(2)24-10-9-23-12-17-7-6-8-18(11-17)21-20(22)19-14(3)15(4)25-16(19)5/h6-8,11,13H,9-10,12H2,1-5H3,(H,21,22). The Balaban J connectivity index is 1.93. The molecule has 1 N–H and O–H groups in total. The highest BCUT2D eigenvalue weighted by atomic mass is 16.5. The predicted octanol–water partition coefficient (Wildman–Crippen LogP) is 4.40. The molecule has 25 heavy (non-hydrogen) atoms. The van der Waals surface area contributed by atoms with Gasteiger partial charge in [-0.15, -0.1) is 0 Å². The van der Waals surface area contributed by atoms with E-state index in [0.717, 1.165) is 22.6 Å².